The van der Waals surface area contributed by atoms with Crippen molar-refractivity contribution >= 4 is 5.91 Å². The third-order valence-corrected chi connectivity index (χ3v) is 3.51. The van der Waals surface area contributed by atoms with Crippen LogP contribution in [0, 0.1) is 16.7 Å². The number of carbonyl (C=O) groups is 1. The standard InChI is InChI=1S/C13H24N4O/c1-13(2,10-14)5-8-17(9-12(15)18)11-3-6-16-7-4-11/h11,16H,3-9H2,1-2H3,(H2,15,18). The minimum atomic E-state index is -0.344. The van der Waals surface area contributed by atoms with Crippen LogP contribution in [-0.4, -0.2) is 43.0 Å². The third-order valence-electron chi connectivity index (χ3n) is 3.51. The summed E-state index contributed by atoms with van der Waals surface area (Å²) in [5, 5.41) is 12.3. The quantitative estimate of drug-likeness (QED) is 0.719. The average Bonchev–Trinajstić information content (AvgIpc) is 2.35. The lowest BCUT2D eigenvalue weighted by Crippen LogP contribution is -2.47. The van der Waals surface area contributed by atoms with E-state index in [0.29, 0.717) is 12.6 Å². The van der Waals surface area contributed by atoms with Crippen molar-refractivity contribution in [3.63, 3.8) is 0 Å². The van der Waals surface area contributed by atoms with Crippen LogP contribution in [0.25, 0.3) is 0 Å². The SMILES string of the molecule is CC(C)(C#N)CCN(CC(N)=O)C1CCNCC1. The molecule has 1 fully saturated rings. The van der Waals surface area contributed by atoms with Gasteiger partial charge in [0, 0.05) is 12.6 Å². The van der Waals surface area contributed by atoms with Gasteiger partial charge in [-0.3, -0.25) is 9.69 Å². The van der Waals surface area contributed by atoms with Gasteiger partial charge in [0.1, 0.15) is 0 Å². The highest BCUT2D eigenvalue weighted by Crippen LogP contribution is 2.21. The summed E-state index contributed by atoms with van der Waals surface area (Å²) in [4.78, 5) is 13.3. The molecule has 0 aromatic heterocycles. The van der Waals surface area contributed by atoms with Gasteiger partial charge in [-0.2, -0.15) is 5.26 Å². The zero-order valence-electron chi connectivity index (χ0n) is 11.4. The number of nitrogens with zero attached hydrogens (tertiary/aromatic N) is 2. The van der Waals surface area contributed by atoms with Gasteiger partial charge in [0.15, 0.2) is 0 Å². The second-order valence-electron chi connectivity index (χ2n) is 5.66. The number of hydrogen-bond acceptors (Lipinski definition) is 4. The van der Waals surface area contributed by atoms with Crippen molar-refractivity contribution in [3.05, 3.63) is 0 Å². The summed E-state index contributed by atoms with van der Waals surface area (Å²) in [7, 11) is 0. The fourth-order valence-corrected chi connectivity index (χ4v) is 2.24. The second-order valence-corrected chi connectivity index (χ2v) is 5.66. The van der Waals surface area contributed by atoms with Gasteiger partial charge in [-0.25, -0.2) is 0 Å². The van der Waals surface area contributed by atoms with Crippen molar-refractivity contribution in [2.24, 2.45) is 11.1 Å². The van der Waals surface area contributed by atoms with Crippen molar-refractivity contribution in [1.29, 1.82) is 5.26 Å². The first kappa shape index (κ1) is 14.9. The molecule has 1 aliphatic heterocycles. The molecule has 5 nitrogen and oxygen atoms in total. The Labute approximate surface area is 109 Å². The normalized spacial score (nSPS) is 17.7. The lowest BCUT2D eigenvalue weighted by Gasteiger charge is -2.35. The van der Waals surface area contributed by atoms with Crippen LogP contribution in [0.2, 0.25) is 0 Å². The molecule has 1 saturated heterocycles. The van der Waals surface area contributed by atoms with Crippen LogP contribution in [-0.2, 0) is 4.79 Å². The first-order valence-corrected chi connectivity index (χ1v) is 6.59. The molecule has 3 N–H and O–H groups in total. The zero-order chi connectivity index (χ0) is 13.6. The van der Waals surface area contributed by atoms with Crippen molar-refractivity contribution in [3.8, 4) is 6.07 Å². The number of piperidine rings is 1. The lowest BCUT2D eigenvalue weighted by molar-refractivity contribution is -0.119. The van der Waals surface area contributed by atoms with E-state index in [2.05, 4.69) is 16.3 Å². The Kier molecular flexibility index (Phi) is 5.57. The zero-order valence-corrected chi connectivity index (χ0v) is 11.4. The minimum absolute atomic E-state index is 0.289. The number of nitriles is 1. The van der Waals surface area contributed by atoms with E-state index in [1.807, 2.05) is 13.8 Å². The Hall–Kier alpha value is -1.12. The van der Waals surface area contributed by atoms with E-state index in [4.69, 9.17) is 11.0 Å². The molecule has 0 unspecified atom stereocenters. The maximum Gasteiger partial charge on any atom is 0.231 e. The summed E-state index contributed by atoms with van der Waals surface area (Å²) in [5.74, 6) is -0.289. The number of primary amides is 1. The molecule has 0 saturated carbocycles. The number of carbonyl (C=O) groups excluding carboxylic acids is 1. The molecule has 0 aliphatic carbocycles. The average molecular weight is 252 g/mol. The van der Waals surface area contributed by atoms with E-state index in [9.17, 15) is 4.79 Å². The van der Waals surface area contributed by atoms with Crippen molar-refractivity contribution in [2.45, 2.75) is 39.2 Å². The van der Waals surface area contributed by atoms with Crippen molar-refractivity contribution in [1.82, 2.24) is 10.2 Å². The molecule has 1 heterocycles. The van der Waals surface area contributed by atoms with Crippen LogP contribution >= 0.6 is 0 Å². The third kappa shape index (κ3) is 5.03. The Morgan fingerprint density at radius 2 is 2.11 bits per heavy atom. The first-order chi connectivity index (χ1) is 8.44. The second kappa shape index (κ2) is 6.72. The largest absolute Gasteiger partial charge is 0.369 e. The predicted molar refractivity (Wildman–Crippen MR) is 70.7 cm³/mol. The highest BCUT2D eigenvalue weighted by Gasteiger charge is 2.25. The van der Waals surface area contributed by atoms with Crippen LogP contribution < -0.4 is 11.1 Å². The van der Waals surface area contributed by atoms with Crippen LogP contribution in [0.1, 0.15) is 33.1 Å². The summed E-state index contributed by atoms with van der Waals surface area (Å²) in [6.45, 7) is 6.89. The Bertz CT molecular complexity index is 315. The van der Waals surface area contributed by atoms with Crippen LogP contribution in [0.5, 0.6) is 0 Å². The Morgan fingerprint density at radius 3 is 2.61 bits per heavy atom. The van der Waals surface area contributed by atoms with Gasteiger partial charge in [-0.05, 0) is 46.2 Å². The van der Waals surface area contributed by atoms with Gasteiger partial charge in [0.05, 0.1) is 18.0 Å². The van der Waals surface area contributed by atoms with E-state index < -0.39 is 0 Å². The molecule has 0 aromatic rings. The number of hydrogen-bond donors (Lipinski definition) is 2. The van der Waals surface area contributed by atoms with Gasteiger partial charge in [0.25, 0.3) is 0 Å². The van der Waals surface area contributed by atoms with Gasteiger partial charge in [0.2, 0.25) is 5.91 Å². The lowest BCUT2D eigenvalue weighted by atomic mass is 9.90. The highest BCUT2D eigenvalue weighted by atomic mass is 16.1. The summed E-state index contributed by atoms with van der Waals surface area (Å²) in [6.07, 6.45) is 2.85. The topological polar surface area (TPSA) is 82.2 Å². The number of nitrogens with two attached hydrogens (primary N) is 1. The monoisotopic (exact) mass is 252 g/mol. The summed E-state index contributed by atoms with van der Waals surface area (Å²) in [5.41, 5.74) is 4.97. The van der Waals surface area contributed by atoms with Crippen LogP contribution in [0.15, 0.2) is 0 Å². The molecule has 1 amide bonds. The van der Waals surface area contributed by atoms with Crippen molar-refractivity contribution < 1.29 is 4.79 Å². The molecule has 0 aromatic carbocycles. The predicted octanol–water partition coefficient (Wildman–Crippen LogP) is 0.466. The fraction of sp³-hybridized carbons (Fsp3) is 0.846. The molecule has 0 atom stereocenters. The Balaban J connectivity index is 2.55. The molecule has 18 heavy (non-hydrogen) atoms. The smallest absolute Gasteiger partial charge is 0.231 e. The maximum absolute atomic E-state index is 11.1. The molecule has 5 heteroatoms. The van der Waals surface area contributed by atoms with Gasteiger partial charge < -0.3 is 11.1 Å². The number of amides is 1. The molecule has 0 spiro atoms. The number of nitrogens with one attached hydrogen (secondary N) is 1. The maximum atomic E-state index is 11.1. The van der Waals surface area contributed by atoms with E-state index in [0.717, 1.165) is 38.9 Å². The Morgan fingerprint density at radius 1 is 1.50 bits per heavy atom. The minimum Gasteiger partial charge on any atom is -0.369 e. The van der Waals surface area contributed by atoms with Gasteiger partial charge in [-0.15, -0.1) is 0 Å². The molecule has 102 valence electrons. The van der Waals surface area contributed by atoms with Gasteiger partial charge >= 0.3 is 0 Å². The van der Waals surface area contributed by atoms with E-state index in [1.165, 1.54) is 0 Å². The van der Waals surface area contributed by atoms with E-state index in [-0.39, 0.29) is 11.3 Å². The number of rotatable bonds is 6. The fourth-order valence-electron chi connectivity index (χ4n) is 2.24. The molecule has 0 bridgehead atoms. The molecule has 1 rings (SSSR count). The molecular formula is C13H24N4O. The van der Waals surface area contributed by atoms with E-state index >= 15 is 0 Å². The molecular weight excluding hydrogens is 228 g/mol. The van der Waals surface area contributed by atoms with Crippen LogP contribution in [0.3, 0.4) is 0 Å². The highest BCUT2D eigenvalue weighted by molar-refractivity contribution is 5.75. The molecule has 0 radical (unpaired) electrons. The molecule has 1 aliphatic rings. The van der Waals surface area contributed by atoms with Crippen LogP contribution in [0.4, 0.5) is 0 Å². The summed E-state index contributed by atoms with van der Waals surface area (Å²) < 4.78 is 0. The van der Waals surface area contributed by atoms with Gasteiger partial charge in [-0.1, -0.05) is 0 Å². The first-order valence-electron chi connectivity index (χ1n) is 6.59. The summed E-state index contributed by atoms with van der Waals surface area (Å²) >= 11 is 0. The van der Waals surface area contributed by atoms with E-state index in [1.54, 1.807) is 0 Å². The van der Waals surface area contributed by atoms with Crippen molar-refractivity contribution in [2.75, 3.05) is 26.2 Å². The summed E-state index contributed by atoms with van der Waals surface area (Å²) in [6, 6.07) is 2.71.